The van der Waals surface area contributed by atoms with Gasteiger partial charge in [-0.15, -0.1) is 0 Å². The molecule has 0 saturated heterocycles. The highest BCUT2D eigenvalue weighted by Crippen LogP contribution is 2.35. The Morgan fingerprint density at radius 3 is 2.85 bits per heavy atom. The molecule has 0 spiro atoms. The predicted molar refractivity (Wildman–Crippen MR) is 71.2 cm³/mol. The molecular formula is C15H12FNO3. The number of aromatic hydroxyl groups is 1. The molecule has 0 saturated carbocycles. The lowest BCUT2D eigenvalue weighted by molar-refractivity contribution is -0.121. The third-order valence-electron chi connectivity index (χ3n) is 3.17. The minimum Gasteiger partial charge on any atom is -0.508 e. The van der Waals surface area contributed by atoms with Crippen molar-refractivity contribution in [1.29, 1.82) is 0 Å². The van der Waals surface area contributed by atoms with Crippen LogP contribution in [0.5, 0.6) is 11.5 Å². The topological polar surface area (TPSA) is 49.8 Å². The first kappa shape index (κ1) is 12.5. The molecule has 1 N–H and O–H groups in total. The van der Waals surface area contributed by atoms with E-state index in [9.17, 15) is 14.3 Å². The van der Waals surface area contributed by atoms with Crippen molar-refractivity contribution in [3.63, 3.8) is 0 Å². The summed E-state index contributed by atoms with van der Waals surface area (Å²) in [6, 6.07) is 10.8. The van der Waals surface area contributed by atoms with Crippen molar-refractivity contribution in [3.05, 3.63) is 53.8 Å². The molecule has 4 nitrogen and oxygen atoms in total. The highest BCUT2D eigenvalue weighted by Gasteiger charge is 2.26. The van der Waals surface area contributed by atoms with Gasteiger partial charge in [-0.25, -0.2) is 4.39 Å². The highest BCUT2D eigenvalue weighted by molar-refractivity contribution is 5.97. The molecular weight excluding hydrogens is 261 g/mol. The number of rotatable bonds is 2. The first-order valence-corrected chi connectivity index (χ1v) is 6.15. The zero-order valence-corrected chi connectivity index (χ0v) is 10.5. The smallest absolute Gasteiger partial charge is 0.265 e. The Balaban J connectivity index is 1.97. The number of halogens is 1. The van der Waals surface area contributed by atoms with Gasteiger partial charge >= 0.3 is 0 Å². The Morgan fingerprint density at radius 1 is 1.25 bits per heavy atom. The van der Waals surface area contributed by atoms with E-state index in [1.54, 1.807) is 24.3 Å². The van der Waals surface area contributed by atoms with E-state index < -0.39 is 0 Å². The number of carbonyl (C=O) groups is 1. The second-order valence-electron chi connectivity index (χ2n) is 4.51. The van der Waals surface area contributed by atoms with E-state index in [4.69, 9.17) is 4.74 Å². The van der Waals surface area contributed by atoms with Crippen LogP contribution in [0.2, 0.25) is 0 Å². The maximum absolute atomic E-state index is 13.7. The second kappa shape index (κ2) is 4.85. The van der Waals surface area contributed by atoms with Crippen molar-refractivity contribution in [2.75, 3.05) is 11.5 Å². The number of phenols is 1. The van der Waals surface area contributed by atoms with E-state index in [0.717, 1.165) is 0 Å². The fourth-order valence-corrected chi connectivity index (χ4v) is 2.16. The van der Waals surface area contributed by atoms with Gasteiger partial charge in [0.15, 0.2) is 6.61 Å². The predicted octanol–water partition coefficient (Wildman–Crippen LogP) is 2.46. The lowest BCUT2D eigenvalue weighted by Gasteiger charge is -2.29. The monoisotopic (exact) mass is 273 g/mol. The number of fused-ring (bicyclic) bond motifs is 1. The molecule has 0 fully saturated rings. The molecule has 102 valence electrons. The molecule has 2 aromatic rings. The summed E-state index contributed by atoms with van der Waals surface area (Å²) in [6.45, 7) is 0.0115. The normalized spacial score (nSPS) is 13.8. The van der Waals surface area contributed by atoms with Gasteiger partial charge in [0.2, 0.25) is 0 Å². The number of phenolic OH excluding ortho intramolecular Hbond substituents is 1. The van der Waals surface area contributed by atoms with Gasteiger partial charge in [-0.05, 0) is 18.2 Å². The van der Waals surface area contributed by atoms with Crippen molar-refractivity contribution in [2.45, 2.75) is 6.54 Å². The minimum absolute atomic E-state index is 0.0592. The summed E-state index contributed by atoms with van der Waals surface area (Å²) >= 11 is 0. The van der Waals surface area contributed by atoms with Crippen LogP contribution in [-0.2, 0) is 11.3 Å². The third-order valence-corrected chi connectivity index (χ3v) is 3.17. The van der Waals surface area contributed by atoms with E-state index in [1.165, 1.54) is 23.1 Å². The van der Waals surface area contributed by atoms with E-state index in [2.05, 4.69) is 0 Å². The van der Waals surface area contributed by atoms with Gasteiger partial charge in [0, 0.05) is 11.6 Å². The van der Waals surface area contributed by atoms with Gasteiger partial charge in [0.05, 0.1) is 12.2 Å². The first-order chi connectivity index (χ1) is 9.65. The summed E-state index contributed by atoms with van der Waals surface area (Å²) in [5.74, 6) is -0.122. The van der Waals surface area contributed by atoms with E-state index >= 15 is 0 Å². The highest BCUT2D eigenvalue weighted by atomic mass is 19.1. The molecule has 0 unspecified atom stereocenters. The zero-order chi connectivity index (χ0) is 14.1. The maximum Gasteiger partial charge on any atom is 0.265 e. The molecule has 2 aromatic carbocycles. The molecule has 0 radical (unpaired) electrons. The summed E-state index contributed by atoms with van der Waals surface area (Å²) < 4.78 is 19.0. The SMILES string of the molecule is O=C1COc2cc(O)ccc2N1Cc1ccccc1F. The van der Waals surface area contributed by atoms with Crippen molar-refractivity contribution in [3.8, 4) is 11.5 Å². The number of benzene rings is 2. The van der Waals surface area contributed by atoms with E-state index in [0.29, 0.717) is 17.0 Å². The van der Waals surface area contributed by atoms with E-state index in [1.807, 2.05) is 0 Å². The molecule has 1 amide bonds. The summed E-state index contributed by atoms with van der Waals surface area (Å²) in [7, 11) is 0. The molecule has 1 heterocycles. The van der Waals surface area contributed by atoms with Crippen molar-refractivity contribution < 1.29 is 19.0 Å². The number of ether oxygens (including phenoxy) is 1. The fourth-order valence-electron chi connectivity index (χ4n) is 2.16. The Labute approximate surface area is 115 Å². The van der Waals surface area contributed by atoms with Gasteiger partial charge in [-0.3, -0.25) is 4.79 Å². The van der Waals surface area contributed by atoms with Crippen molar-refractivity contribution in [2.24, 2.45) is 0 Å². The number of carbonyl (C=O) groups excluding carboxylic acids is 1. The van der Waals surface area contributed by atoms with Gasteiger partial charge in [-0.1, -0.05) is 18.2 Å². The maximum atomic E-state index is 13.7. The van der Waals surface area contributed by atoms with E-state index in [-0.39, 0.29) is 30.6 Å². The summed E-state index contributed by atoms with van der Waals surface area (Å²) in [5.41, 5.74) is 0.962. The first-order valence-electron chi connectivity index (χ1n) is 6.15. The molecule has 1 aliphatic rings. The van der Waals surface area contributed by atoms with Gasteiger partial charge in [-0.2, -0.15) is 0 Å². The molecule has 0 bridgehead atoms. The summed E-state index contributed by atoms with van der Waals surface area (Å²) in [4.78, 5) is 13.4. The molecule has 0 aromatic heterocycles. The second-order valence-corrected chi connectivity index (χ2v) is 4.51. The molecule has 1 aliphatic heterocycles. The average Bonchev–Trinajstić information content (AvgIpc) is 2.44. The quantitative estimate of drug-likeness (QED) is 0.914. The van der Waals surface area contributed by atoms with Crippen LogP contribution in [-0.4, -0.2) is 17.6 Å². The lowest BCUT2D eigenvalue weighted by atomic mass is 10.1. The van der Waals surface area contributed by atoms with Crippen LogP contribution in [0.4, 0.5) is 10.1 Å². The molecule has 0 aliphatic carbocycles. The van der Waals surface area contributed by atoms with Crippen LogP contribution >= 0.6 is 0 Å². The van der Waals surface area contributed by atoms with Gasteiger partial charge in [0.1, 0.15) is 17.3 Å². The third kappa shape index (κ3) is 2.18. The Kier molecular flexibility index (Phi) is 3.02. The standard InChI is InChI=1S/C15H12FNO3/c16-12-4-2-1-3-10(12)8-17-13-6-5-11(18)7-14(13)20-9-15(17)19/h1-7,18H,8-9H2. The molecule has 20 heavy (non-hydrogen) atoms. The Bertz CT molecular complexity index is 672. The van der Waals surface area contributed by atoms with Gasteiger partial charge in [0.25, 0.3) is 5.91 Å². The number of amides is 1. The van der Waals surface area contributed by atoms with Crippen LogP contribution in [0.3, 0.4) is 0 Å². The number of hydrogen-bond acceptors (Lipinski definition) is 3. The number of anilines is 1. The van der Waals surface area contributed by atoms with Crippen LogP contribution < -0.4 is 9.64 Å². The fraction of sp³-hybridized carbons (Fsp3) is 0.133. The van der Waals surface area contributed by atoms with Crippen LogP contribution in [0.15, 0.2) is 42.5 Å². The minimum atomic E-state index is -0.355. The molecule has 3 rings (SSSR count). The van der Waals surface area contributed by atoms with Gasteiger partial charge < -0.3 is 14.7 Å². The Morgan fingerprint density at radius 2 is 2.05 bits per heavy atom. The Hall–Kier alpha value is -2.56. The van der Waals surface area contributed by atoms with Crippen LogP contribution in [0.25, 0.3) is 0 Å². The van der Waals surface area contributed by atoms with Crippen LogP contribution in [0.1, 0.15) is 5.56 Å². The largest absolute Gasteiger partial charge is 0.508 e. The zero-order valence-electron chi connectivity index (χ0n) is 10.5. The molecule has 5 heteroatoms. The summed E-state index contributed by atoms with van der Waals surface area (Å²) in [5, 5.41) is 9.43. The van der Waals surface area contributed by atoms with Crippen molar-refractivity contribution >= 4 is 11.6 Å². The number of hydrogen-bond donors (Lipinski definition) is 1. The number of nitrogens with zero attached hydrogens (tertiary/aromatic N) is 1. The van der Waals surface area contributed by atoms with Crippen LogP contribution in [0, 0.1) is 5.82 Å². The summed E-state index contributed by atoms with van der Waals surface area (Å²) in [6.07, 6.45) is 0. The van der Waals surface area contributed by atoms with Crippen molar-refractivity contribution in [1.82, 2.24) is 0 Å². The average molecular weight is 273 g/mol. The molecule has 0 atom stereocenters. The lowest BCUT2D eigenvalue weighted by Crippen LogP contribution is -2.38.